The van der Waals surface area contributed by atoms with Gasteiger partial charge in [-0.05, 0) is 45.6 Å². The Balaban J connectivity index is 1.48. The van der Waals surface area contributed by atoms with Gasteiger partial charge in [0.15, 0.2) is 0 Å². The van der Waals surface area contributed by atoms with E-state index in [9.17, 15) is 9.59 Å². The van der Waals surface area contributed by atoms with E-state index in [-0.39, 0.29) is 30.1 Å². The largest absolute Gasteiger partial charge is 0.466 e. The Bertz CT molecular complexity index is 634. The van der Waals surface area contributed by atoms with E-state index in [2.05, 4.69) is 5.32 Å². The van der Waals surface area contributed by atoms with Gasteiger partial charge in [0, 0.05) is 25.7 Å². The highest BCUT2D eigenvalue weighted by Crippen LogP contribution is 2.23. The van der Waals surface area contributed by atoms with Crippen molar-refractivity contribution in [2.45, 2.75) is 57.8 Å². The summed E-state index contributed by atoms with van der Waals surface area (Å²) in [6.07, 6.45) is 2.75. The normalized spacial score (nSPS) is 24.5. The second-order valence-electron chi connectivity index (χ2n) is 6.96. The first-order valence-electron chi connectivity index (χ1n) is 9.00. The SMILES string of the molecule is Cc1cc(C(=O)NC2CCN(C(=O)[C@@H]3CC[C@H](CN)O3)CC2)c(C)o1. The number of likely N-dealkylation sites (tertiary alicyclic amines) is 1. The zero-order chi connectivity index (χ0) is 18.0. The molecule has 0 aromatic carbocycles. The lowest BCUT2D eigenvalue weighted by atomic mass is 10.0. The van der Waals surface area contributed by atoms with Gasteiger partial charge in [0.05, 0.1) is 11.7 Å². The van der Waals surface area contributed by atoms with Crippen LogP contribution in [-0.2, 0) is 9.53 Å². The van der Waals surface area contributed by atoms with Gasteiger partial charge in [-0.25, -0.2) is 0 Å². The Labute approximate surface area is 147 Å². The van der Waals surface area contributed by atoms with Gasteiger partial charge in [0.1, 0.15) is 17.6 Å². The summed E-state index contributed by atoms with van der Waals surface area (Å²) in [6, 6.07) is 1.83. The van der Waals surface area contributed by atoms with Gasteiger partial charge in [0.2, 0.25) is 0 Å². The van der Waals surface area contributed by atoms with Gasteiger partial charge >= 0.3 is 0 Å². The van der Waals surface area contributed by atoms with Crippen molar-refractivity contribution < 1.29 is 18.7 Å². The summed E-state index contributed by atoms with van der Waals surface area (Å²) in [4.78, 5) is 26.7. The molecule has 25 heavy (non-hydrogen) atoms. The van der Waals surface area contributed by atoms with Gasteiger partial charge in [-0.1, -0.05) is 0 Å². The molecule has 0 spiro atoms. The van der Waals surface area contributed by atoms with Crippen LogP contribution in [0.15, 0.2) is 10.5 Å². The number of carbonyl (C=O) groups is 2. The molecule has 2 amide bonds. The van der Waals surface area contributed by atoms with E-state index in [1.165, 1.54) is 0 Å². The maximum absolute atomic E-state index is 12.5. The van der Waals surface area contributed by atoms with Crippen molar-refractivity contribution in [2.75, 3.05) is 19.6 Å². The summed E-state index contributed by atoms with van der Waals surface area (Å²) in [5.74, 6) is 1.32. The average Bonchev–Trinajstić information content (AvgIpc) is 3.21. The second-order valence-corrected chi connectivity index (χ2v) is 6.96. The molecular weight excluding hydrogens is 322 g/mol. The minimum atomic E-state index is -0.351. The summed E-state index contributed by atoms with van der Waals surface area (Å²) in [6.45, 7) is 5.36. The molecule has 0 unspecified atom stereocenters. The number of furan rings is 1. The van der Waals surface area contributed by atoms with E-state index in [1.54, 1.807) is 13.0 Å². The number of rotatable bonds is 4. The van der Waals surface area contributed by atoms with Crippen molar-refractivity contribution in [2.24, 2.45) is 5.73 Å². The molecule has 1 aromatic rings. The molecular formula is C18H27N3O4. The first-order chi connectivity index (χ1) is 12.0. The smallest absolute Gasteiger partial charge is 0.255 e. The molecule has 2 fully saturated rings. The molecule has 2 atom stereocenters. The van der Waals surface area contributed by atoms with Gasteiger partial charge in [-0.2, -0.15) is 0 Å². The third kappa shape index (κ3) is 4.04. The number of nitrogens with two attached hydrogens (primary N) is 1. The summed E-state index contributed by atoms with van der Waals surface area (Å²) in [5.41, 5.74) is 6.19. The Kier molecular flexibility index (Phi) is 5.44. The Morgan fingerprint density at radius 2 is 1.96 bits per heavy atom. The summed E-state index contributed by atoms with van der Waals surface area (Å²) >= 11 is 0. The number of amides is 2. The first-order valence-corrected chi connectivity index (χ1v) is 9.00. The lowest BCUT2D eigenvalue weighted by molar-refractivity contribution is -0.143. The fourth-order valence-electron chi connectivity index (χ4n) is 3.63. The van der Waals surface area contributed by atoms with Crippen molar-refractivity contribution in [3.63, 3.8) is 0 Å². The molecule has 0 bridgehead atoms. The summed E-state index contributed by atoms with van der Waals surface area (Å²) in [5, 5.41) is 3.05. The van der Waals surface area contributed by atoms with E-state index in [0.717, 1.165) is 31.4 Å². The third-order valence-corrected chi connectivity index (χ3v) is 5.07. The third-order valence-electron chi connectivity index (χ3n) is 5.07. The average molecular weight is 349 g/mol. The van der Waals surface area contributed by atoms with Crippen LogP contribution < -0.4 is 11.1 Å². The van der Waals surface area contributed by atoms with Gasteiger partial charge in [-0.15, -0.1) is 0 Å². The quantitative estimate of drug-likeness (QED) is 0.849. The standard InChI is InChI=1S/C18H27N3O4/c1-11-9-15(12(2)24-11)17(22)20-13-5-7-21(8-6-13)18(23)16-4-3-14(10-19)25-16/h9,13-14,16H,3-8,10,19H2,1-2H3,(H,20,22)/t14-,16+/m1/s1. The van der Waals surface area contributed by atoms with Gasteiger partial charge < -0.3 is 25.1 Å². The number of carbonyl (C=O) groups excluding carboxylic acids is 2. The molecule has 3 N–H and O–H groups in total. The van der Waals surface area contributed by atoms with Crippen LogP contribution in [0, 0.1) is 13.8 Å². The maximum Gasteiger partial charge on any atom is 0.255 e. The molecule has 1 aromatic heterocycles. The minimum absolute atomic E-state index is 0.00688. The van der Waals surface area contributed by atoms with Crippen molar-refractivity contribution in [3.8, 4) is 0 Å². The second kappa shape index (κ2) is 7.58. The van der Waals surface area contributed by atoms with E-state index in [1.807, 2.05) is 11.8 Å². The van der Waals surface area contributed by atoms with E-state index in [0.29, 0.717) is 31.0 Å². The topological polar surface area (TPSA) is 97.8 Å². The molecule has 3 rings (SSSR count). The lowest BCUT2D eigenvalue weighted by Gasteiger charge is -2.33. The first kappa shape index (κ1) is 17.9. The van der Waals surface area contributed by atoms with Gasteiger partial charge in [0.25, 0.3) is 11.8 Å². The zero-order valence-electron chi connectivity index (χ0n) is 14.9. The lowest BCUT2D eigenvalue weighted by Crippen LogP contribution is -2.49. The Morgan fingerprint density at radius 3 is 2.52 bits per heavy atom. The highest BCUT2D eigenvalue weighted by atomic mass is 16.5. The number of hydrogen-bond acceptors (Lipinski definition) is 5. The molecule has 2 aliphatic heterocycles. The van der Waals surface area contributed by atoms with Crippen LogP contribution in [0.3, 0.4) is 0 Å². The predicted molar refractivity (Wildman–Crippen MR) is 92.2 cm³/mol. The number of aryl methyl sites for hydroxylation is 2. The number of hydrogen-bond donors (Lipinski definition) is 2. The van der Waals surface area contributed by atoms with Crippen LogP contribution in [0.5, 0.6) is 0 Å². The number of piperidine rings is 1. The minimum Gasteiger partial charge on any atom is -0.466 e. The van der Waals surface area contributed by atoms with E-state index >= 15 is 0 Å². The van der Waals surface area contributed by atoms with E-state index in [4.69, 9.17) is 14.9 Å². The molecule has 0 aliphatic carbocycles. The van der Waals surface area contributed by atoms with Crippen molar-refractivity contribution in [3.05, 3.63) is 23.2 Å². The van der Waals surface area contributed by atoms with Crippen LogP contribution in [-0.4, -0.2) is 54.6 Å². The van der Waals surface area contributed by atoms with Crippen molar-refractivity contribution in [1.29, 1.82) is 0 Å². The summed E-state index contributed by atoms with van der Waals surface area (Å²) in [7, 11) is 0. The van der Waals surface area contributed by atoms with Crippen LogP contribution >= 0.6 is 0 Å². The molecule has 138 valence electrons. The highest BCUT2D eigenvalue weighted by Gasteiger charge is 2.34. The predicted octanol–water partition coefficient (Wildman–Crippen LogP) is 1.12. The van der Waals surface area contributed by atoms with Crippen molar-refractivity contribution in [1.82, 2.24) is 10.2 Å². The maximum atomic E-state index is 12.5. The highest BCUT2D eigenvalue weighted by molar-refractivity contribution is 5.95. The van der Waals surface area contributed by atoms with Crippen LogP contribution in [0.1, 0.15) is 47.6 Å². The molecule has 7 nitrogen and oxygen atoms in total. The zero-order valence-corrected chi connectivity index (χ0v) is 14.9. The number of nitrogens with zero attached hydrogens (tertiary/aromatic N) is 1. The molecule has 0 radical (unpaired) electrons. The summed E-state index contributed by atoms with van der Waals surface area (Å²) < 4.78 is 11.1. The van der Waals surface area contributed by atoms with Crippen molar-refractivity contribution >= 4 is 11.8 Å². The fraction of sp³-hybridized carbons (Fsp3) is 0.667. The van der Waals surface area contributed by atoms with Crippen LogP contribution in [0.25, 0.3) is 0 Å². The van der Waals surface area contributed by atoms with Crippen LogP contribution in [0.4, 0.5) is 0 Å². The monoisotopic (exact) mass is 349 g/mol. The molecule has 2 saturated heterocycles. The van der Waals surface area contributed by atoms with E-state index < -0.39 is 0 Å². The molecule has 0 saturated carbocycles. The molecule has 7 heteroatoms. The van der Waals surface area contributed by atoms with Crippen LogP contribution in [0.2, 0.25) is 0 Å². The molecule has 3 heterocycles. The Morgan fingerprint density at radius 1 is 1.24 bits per heavy atom. The number of ether oxygens (including phenoxy) is 1. The Hall–Kier alpha value is -1.86. The fourth-order valence-corrected chi connectivity index (χ4v) is 3.63. The number of nitrogens with one attached hydrogen (secondary N) is 1. The van der Waals surface area contributed by atoms with Gasteiger partial charge in [-0.3, -0.25) is 9.59 Å². The molecule has 2 aliphatic rings.